The third-order valence-electron chi connectivity index (χ3n) is 1.81. The first-order valence-corrected chi connectivity index (χ1v) is 4.91. The molecule has 0 bridgehead atoms. The molecule has 0 saturated carbocycles. The highest BCUT2D eigenvalue weighted by atomic mass is 14.7. The lowest BCUT2D eigenvalue weighted by Crippen LogP contribution is -1.80. The van der Waals surface area contributed by atoms with Gasteiger partial charge in [0.1, 0.15) is 0 Å². The summed E-state index contributed by atoms with van der Waals surface area (Å²) in [5, 5.41) is 0. The highest BCUT2D eigenvalue weighted by Gasteiger charge is 2.00. The molecule has 1 N–H and O–H groups in total. The fourth-order valence-corrected chi connectivity index (χ4v) is 0.998. The third-order valence-corrected chi connectivity index (χ3v) is 1.81. The second-order valence-electron chi connectivity index (χ2n) is 2.97. The van der Waals surface area contributed by atoms with Gasteiger partial charge in [-0.15, -0.1) is 0 Å². The highest BCUT2D eigenvalue weighted by Crippen LogP contribution is 2.14. The van der Waals surface area contributed by atoms with Gasteiger partial charge in [-0.3, -0.25) is 0 Å². The quantitative estimate of drug-likeness (QED) is 0.691. The van der Waals surface area contributed by atoms with Gasteiger partial charge < -0.3 is 4.98 Å². The van der Waals surface area contributed by atoms with Crippen molar-refractivity contribution in [1.29, 1.82) is 0 Å². The van der Waals surface area contributed by atoms with E-state index in [9.17, 15) is 0 Å². The molecule has 1 aromatic rings. The van der Waals surface area contributed by atoms with Crippen molar-refractivity contribution in [2.24, 2.45) is 0 Å². The van der Waals surface area contributed by atoms with Crippen LogP contribution in [-0.2, 0) is 6.42 Å². The minimum Gasteiger partial charge on any atom is -0.365 e. The van der Waals surface area contributed by atoms with E-state index in [1.807, 2.05) is 13.8 Å². The lowest BCUT2D eigenvalue weighted by molar-refractivity contribution is 0.868. The zero-order valence-electron chi connectivity index (χ0n) is 8.94. The van der Waals surface area contributed by atoms with Gasteiger partial charge in [0.2, 0.25) is 0 Å². The van der Waals surface area contributed by atoms with Crippen molar-refractivity contribution in [2.75, 3.05) is 0 Å². The minimum absolute atomic E-state index is 0.650. The molecule has 0 aromatic carbocycles. The van der Waals surface area contributed by atoms with Gasteiger partial charge in [0.15, 0.2) is 0 Å². The monoisotopic (exact) mass is 167 g/mol. The molecule has 1 rings (SSSR count). The Morgan fingerprint density at radius 1 is 1.33 bits per heavy atom. The summed E-state index contributed by atoms with van der Waals surface area (Å²) in [5.74, 6) is 0.650. The van der Waals surface area contributed by atoms with E-state index in [4.69, 9.17) is 0 Å². The fraction of sp³-hybridized carbons (Fsp3) is 0.636. The third kappa shape index (κ3) is 3.12. The summed E-state index contributed by atoms with van der Waals surface area (Å²) in [7, 11) is 0. The molecule has 0 atom stereocenters. The van der Waals surface area contributed by atoms with Crippen molar-refractivity contribution >= 4 is 0 Å². The summed E-state index contributed by atoms with van der Waals surface area (Å²) >= 11 is 0. The summed E-state index contributed by atoms with van der Waals surface area (Å²) in [6, 6.07) is 2.24. The first kappa shape index (κ1) is 11.3. The van der Waals surface area contributed by atoms with Crippen LogP contribution in [0.4, 0.5) is 0 Å². The average molecular weight is 167 g/mol. The highest BCUT2D eigenvalue weighted by molar-refractivity contribution is 5.19. The van der Waals surface area contributed by atoms with Crippen molar-refractivity contribution in [3.05, 3.63) is 23.5 Å². The van der Waals surface area contributed by atoms with Crippen LogP contribution >= 0.6 is 0 Å². The Hall–Kier alpha value is -0.720. The van der Waals surface area contributed by atoms with Crippen molar-refractivity contribution in [1.82, 2.24) is 4.98 Å². The van der Waals surface area contributed by atoms with Gasteiger partial charge in [0.05, 0.1) is 0 Å². The number of nitrogens with one attached hydrogen (secondary N) is 1. The number of aromatic nitrogens is 1. The van der Waals surface area contributed by atoms with E-state index < -0.39 is 0 Å². The number of aryl methyl sites for hydroxylation is 1. The Morgan fingerprint density at radius 2 is 1.92 bits per heavy atom. The molecule has 0 unspecified atom stereocenters. The molecular formula is C11H21N. The maximum absolute atomic E-state index is 3.24. The SMILES string of the molecule is CC.CCc1cc(C(C)C)c[nH]1. The number of aromatic amines is 1. The van der Waals surface area contributed by atoms with Crippen molar-refractivity contribution < 1.29 is 0 Å². The molecule has 1 aromatic heterocycles. The molecule has 0 radical (unpaired) electrons. The standard InChI is InChI=1S/C9H15N.C2H6/c1-4-9-5-8(6-10-9)7(2)3;1-2/h5-7,10H,4H2,1-3H3;1-2H3. The van der Waals surface area contributed by atoms with Crippen LogP contribution in [0.2, 0.25) is 0 Å². The zero-order chi connectivity index (χ0) is 9.56. The van der Waals surface area contributed by atoms with E-state index in [0.29, 0.717) is 5.92 Å². The van der Waals surface area contributed by atoms with Crippen LogP contribution < -0.4 is 0 Å². The number of hydrogen-bond acceptors (Lipinski definition) is 0. The molecule has 0 amide bonds. The van der Waals surface area contributed by atoms with Crippen molar-refractivity contribution in [3.8, 4) is 0 Å². The molecule has 0 spiro atoms. The Balaban J connectivity index is 0.000000561. The van der Waals surface area contributed by atoms with E-state index in [0.717, 1.165) is 6.42 Å². The maximum atomic E-state index is 3.24. The number of H-pyrrole nitrogens is 1. The molecule has 1 heteroatoms. The van der Waals surface area contributed by atoms with Crippen molar-refractivity contribution in [2.45, 2.75) is 47.0 Å². The fourth-order valence-electron chi connectivity index (χ4n) is 0.998. The smallest absolute Gasteiger partial charge is 0.0147 e. The largest absolute Gasteiger partial charge is 0.365 e. The first-order valence-electron chi connectivity index (χ1n) is 4.91. The van der Waals surface area contributed by atoms with Gasteiger partial charge in [0, 0.05) is 11.9 Å². The second kappa shape index (κ2) is 5.87. The lowest BCUT2D eigenvalue weighted by Gasteiger charge is -1.96. The molecule has 1 nitrogen and oxygen atoms in total. The van der Waals surface area contributed by atoms with E-state index >= 15 is 0 Å². The average Bonchev–Trinajstić information content (AvgIpc) is 2.55. The molecule has 0 saturated heterocycles. The van der Waals surface area contributed by atoms with Gasteiger partial charge in [-0.05, 0) is 24.0 Å². The van der Waals surface area contributed by atoms with Gasteiger partial charge in [-0.2, -0.15) is 0 Å². The Labute approximate surface area is 76.2 Å². The predicted octanol–water partition coefficient (Wildman–Crippen LogP) is 3.73. The van der Waals surface area contributed by atoms with Crippen LogP contribution in [0.15, 0.2) is 12.3 Å². The Bertz CT molecular complexity index is 199. The lowest BCUT2D eigenvalue weighted by atomic mass is 10.1. The molecule has 12 heavy (non-hydrogen) atoms. The van der Waals surface area contributed by atoms with Gasteiger partial charge in [-0.25, -0.2) is 0 Å². The van der Waals surface area contributed by atoms with E-state index in [1.165, 1.54) is 11.3 Å². The second-order valence-corrected chi connectivity index (χ2v) is 2.97. The van der Waals surface area contributed by atoms with Crippen LogP contribution in [-0.4, -0.2) is 4.98 Å². The number of hydrogen-bond donors (Lipinski definition) is 1. The Morgan fingerprint density at radius 3 is 2.17 bits per heavy atom. The summed E-state index contributed by atoms with van der Waals surface area (Å²) < 4.78 is 0. The molecule has 0 aliphatic rings. The van der Waals surface area contributed by atoms with Crippen LogP contribution in [0.25, 0.3) is 0 Å². The predicted molar refractivity (Wildman–Crippen MR) is 55.6 cm³/mol. The molecule has 0 fully saturated rings. The summed E-state index contributed by atoms with van der Waals surface area (Å²) in [4.78, 5) is 3.24. The summed E-state index contributed by atoms with van der Waals surface area (Å²) in [6.45, 7) is 10.6. The summed E-state index contributed by atoms with van der Waals surface area (Å²) in [5.41, 5.74) is 2.75. The van der Waals surface area contributed by atoms with E-state index in [1.54, 1.807) is 0 Å². The van der Waals surface area contributed by atoms with Gasteiger partial charge >= 0.3 is 0 Å². The first-order chi connectivity index (χ1) is 5.74. The van der Waals surface area contributed by atoms with E-state index in [-0.39, 0.29) is 0 Å². The number of rotatable bonds is 2. The van der Waals surface area contributed by atoms with Gasteiger partial charge in [-0.1, -0.05) is 34.6 Å². The normalized spacial score (nSPS) is 9.50. The molecule has 70 valence electrons. The van der Waals surface area contributed by atoms with Gasteiger partial charge in [0.25, 0.3) is 0 Å². The topological polar surface area (TPSA) is 15.8 Å². The van der Waals surface area contributed by atoms with E-state index in [2.05, 4.69) is 38.0 Å². The molecular weight excluding hydrogens is 146 g/mol. The summed E-state index contributed by atoms with van der Waals surface area (Å²) in [6.07, 6.45) is 3.20. The molecule has 0 aliphatic carbocycles. The van der Waals surface area contributed by atoms with Crippen LogP contribution in [0.3, 0.4) is 0 Å². The van der Waals surface area contributed by atoms with Crippen LogP contribution in [0.1, 0.15) is 51.8 Å². The minimum atomic E-state index is 0.650. The van der Waals surface area contributed by atoms with Crippen LogP contribution in [0, 0.1) is 0 Å². The van der Waals surface area contributed by atoms with Crippen molar-refractivity contribution in [3.63, 3.8) is 0 Å². The molecule has 0 aliphatic heterocycles. The molecule has 1 heterocycles. The van der Waals surface area contributed by atoms with Crippen LogP contribution in [0.5, 0.6) is 0 Å². The zero-order valence-corrected chi connectivity index (χ0v) is 8.94. The maximum Gasteiger partial charge on any atom is 0.0147 e. The Kier molecular flexibility index (Phi) is 5.52.